The van der Waals surface area contributed by atoms with Gasteiger partial charge < -0.3 is 19.7 Å². The van der Waals surface area contributed by atoms with Crippen LogP contribution in [0.5, 0.6) is 0 Å². The molecule has 12 nitrogen and oxygen atoms in total. The molecule has 2 aromatic heterocycles. The minimum atomic E-state index is -0.852. The van der Waals surface area contributed by atoms with Crippen LogP contribution in [0.3, 0.4) is 0 Å². The van der Waals surface area contributed by atoms with Crippen LogP contribution < -0.4 is 15.8 Å². The summed E-state index contributed by atoms with van der Waals surface area (Å²) in [5.41, 5.74) is 3.02. The Balaban J connectivity index is 1.28. The first-order chi connectivity index (χ1) is 22.3. The lowest BCUT2D eigenvalue weighted by Crippen LogP contribution is -2.51. The van der Waals surface area contributed by atoms with Gasteiger partial charge in [0.1, 0.15) is 28.4 Å². The first-order valence-corrected chi connectivity index (χ1v) is 16.1. The molecule has 3 N–H and O–H groups in total. The van der Waals surface area contributed by atoms with Crippen molar-refractivity contribution in [2.24, 2.45) is 12.0 Å². The number of fused-ring (bicyclic) bond motifs is 1. The molecule has 1 unspecified atom stereocenters. The number of amides is 3. The maximum absolute atomic E-state index is 13.6. The van der Waals surface area contributed by atoms with E-state index < -0.39 is 11.9 Å². The van der Waals surface area contributed by atoms with Crippen LogP contribution in [0.25, 0.3) is 0 Å². The second-order valence-electron chi connectivity index (χ2n) is 11.3. The number of amidine groups is 2. The van der Waals surface area contributed by atoms with E-state index in [1.165, 1.54) is 22.0 Å². The summed E-state index contributed by atoms with van der Waals surface area (Å²) in [4.78, 5) is 61.6. The van der Waals surface area contributed by atoms with E-state index >= 15 is 0 Å². The van der Waals surface area contributed by atoms with E-state index in [1.807, 2.05) is 26.0 Å². The fraction of sp³-hybridized carbons (Fsp3) is 0.303. The largest absolute Gasteiger partial charge is 0.339 e. The Morgan fingerprint density at radius 2 is 1.72 bits per heavy atom. The number of aryl methyl sites for hydroxylation is 2. The summed E-state index contributed by atoms with van der Waals surface area (Å²) in [7, 11) is 1.57. The standard InChI is InChI=1S/C33H35ClN8O4S/c1-19-20(2)47-33-29(19)30(22-7-9-23(34)10-8-22)38-25(31(36)42(33)21(3)35)18-28(45)41-16-14-40(15-17-41)27(44)12-11-26(43)37-24-6-5-13-39(4)32(24)46/h5-13,25,35-36H,14-18H2,1-4H3,(H,37,43)/b12-11+,35-21?,36-31?. The second kappa shape index (κ2) is 13.9. The summed E-state index contributed by atoms with van der Waals surface area (Å²) in [6, 6.07) is 9.54. The Bertz CT molecular complexity index is 1890. The molecule has 0 radical (unpaired) electrons. The van der Waals surface area contributed by atoms with Gasteiger partial charge in [0.25, 0.3) is 5.56 Å². The molecular formula is C33H35ClN8O4S. The number of carbonyl (C=O) groups is 3. The van der Waals surface area contributed by atoms with E-state index in [0.717, 1.165) is 38.7 Å². The van der Waals surface area contributed by atoms with Gasteiger partial charge in [-0.1, -0.05) is 23.7 Å². The predicted molar refractivity (Wildman–Crippen MR) is 186 cm³/mol. The van der Waals surface area contributed by atoms with E-state index in [9.17, 15) is 19.2 Å². The molecule has 1 aromatic carbocycles. The van der Waals surface area contributed by atoms with Crippen LogP contribution in [0.1, 0.15) is 34.9 Å². The fourth-order valence-corrected chi connectivity index (χ4v) is 6.83. The van der Waals surface area contributed by atoms with E-state index in [0.29, 0.717) is 10.7 Å². The zero-order valence-corrected chi connectivity index (χ0v) is 28.0. The SMILES string of the molecule is CC(=N)N1C(=N)C(CC(=O)N2CCN(C(=O)/C=C/C(=O)Nc3cccn(C)c3=O)CC2)N=C(c2ccc(Cl)cc2)c2c1sc(C)c2C. The summed E-state index contributed by atoms with van der Waals surface area (Å²) in [5, 5.41) is 21.4. The number of nitrogens with one attached hydrogen (secondary N) is 3. The molecule has 1 atom stereocenters. The molecule has 47 heavy (non-hydrogen) atoms. The summed E-state index contributed by atoms with van der Waals surface area (Å²) >= 11 is 7.67. The van der Waals surface area contributed by atoms with Gasteiger partial charge in [-0.25, -0.2) is 0 Å². The number of pyridine rings is 1. The highest BCUT2D eigenvalue weighted by Crippen LogP contribution is 2.40. The molecule has 2 aliphatic heterocycles. The molecule has 0 bridgehead atoms. The highest BCUT2D eigenvalue weighted by molar-refractivity contribution is 7.17. The Morgan fingerprint density at radius 1 is 1.06 bits per heavy atom. The van der Waals surface area contributed by atoms with Gasteiger partial charge in [0.2, 0.25) is 17.7 Å². The lowest BCUT2D eigenvalue weighted by molar-refractivity contribution is -0.137. The maximum atomic E-state index is 13.6. The van der Waals surface area contributed by atoms with Crippen molar-refractivity contribution in [1.82, 2.24) is 14.4 Å². The third kappa shape index (κ3) is 7.10. The predicted octanol–water partition coefficient (Wildman–Crippen LogP) is 3.97. The van der Waals surface area contributed by atoms with Gasteiger partial charge in [0, 0.05) is 72.6 Å². The average Bonchev–Trinajstić information content (AvgIpc) is 3.26. The van der Waals surface area contributed by atoms with Gasteiger partial charge in [-0.2, -0.15) is 0 Å². The molecule has 3 aromatic rings. The summed E-state index contributed by atoms with van der Waals surface area (Å²) in [6.07, 6.45) is 3.72. The van der Waals surface area contributed by atoms with Crippen LogP contribution in [-0.4, -0.2) is 81.7 Å². The van der Waals surface area contributed by atoms with Crippen molar-refractivity contribution in [1.29, 1.82) is 10.8 Å². The molecule has 1 saturated heterocycles. The number of rotatable bonds is 6. The monoisotopic (exact) mass is 674 g/mol. The number of thiophene rings is 1. The van der Waals surface area contributed by atoms with Crippen molar-refractivity contribution in [3.05, 3.63) is 91.7 Å². The number of nitrogens with zero attached hydrogens (tertiary/aromatic N) is 5. The number of hydrogen-bond acceptors (Lipinski definition) is 8. The molecule has 14 heteroatoms. The van der Waals surface area contributed by atoms with Gasteiger partial charge in [0.15, 0.2) is 0 Å². The maximum Gasteiger partial charge on any atom is 0.274 e. The fourth-order valence-electron chi connectivity index (χ4n) is 5.48. The lowest BCUT2D eigenvalue weighted by atomic mass is 9.99. The van der Waals surface area contributed by atoms with Crippen molar-refractivity contribution >= 4 is 68.7 Å². The minimum absolute atomic E-state index is 0.0444. The topological polar surface area (TPSA) is 155 Å². The molecule has 1 fully saturated rings. The van der Waals surface area contributed by atoms with Gasteiger partial charge in [-0.3, -0.25) is 39.9 Å². The number of aliphatic imine (C=N–C) groups is 1. The van der Waals surface area contributed by atoms with E-state index in [2.05, 4.69) is 5.32 Å². The summed E-state index contributed by atoms with van der Waals surface area (Å²) in [5.74, 6) is -1.00. The highest BCUT2D eigenvalue weighted by Gasteiger charge is 2.36. The highest BCUT2D eigenvalue weighted by atomic mass is 35.5. The van der Waals surface area contributed by atoms with Crippen molar-refractivity contribution in [2.75, 3.05) is 36.4 Å². The van der Waals surface area contributed by atoms with Crippen LogP contribution in [0, 0.1) is 24.7 Å². The molecular weight excluding hydrogens is 640 g/mol. The molecule has 0 aliphatic carbocycles. The Kier molecular flexibility index (Phi) is 9.87. The molecule has 0 spiro atoms. The summed E-state index contributed by atoms with van der Waals surface area (Å²) < 4.78 is 1.33. The number of carbonyl (C=O) groups excluding carboxylic acids is 3. The van der Waals surface area contributed by atoms with Crippen molar-refractivity contribution in [2.45, 2.75) is 33.2 Å². The molecule has 244 valence electrons. The normalized spacial score (nSPS) is 16.5. The third-order valence-corrected chi connectivity index (χ3v) is 9.62. The van der Waals surface area contributed by atoms with Gasteiger partial charge in [-0.05, 0) is 50.6 Å². The number of anilines is 2. The molecule has 3 amide bonds. The zero-order valence-electron chi connectivity index (χ0n) is 26.5. The molecule has 4 heterocycles. The minimum Gasteiger partial charge on any atom is -0.339 e. The number of piperazine rings is 1. The van der Waals surface area contributed by atoms with Crippen LogP contribution in [0.4, 0.5) is 10.7 Å². The molecule has 0 saturated carbocycles. The number of hydrogen-bond donors (Lipinski definition) is 3. The Labute approximate surface area is 281 Å². The number of benzene rings is 1. The van der Waals surface area contributed by atoms with Crippen LogP contribution in [-0.2, 0) is 21.4 Å². The van der Waals surface area contributed by atoms with E-state index in [-0.39, 0.29) is 67.3 Å². The van der Waals surface area contributed by atoms with Gasteiger partial charge in [0.05, 0.1) is 12.1 Å². The van der Waals surface area contributed by atoms with Crippen LogP contribution >= 0.6 is 22.9 Å². The van der Waals surface area contributed by atoms with Crippen molar-refractivity contribution in [3.8, 4) is 0 Å². The lowest BCUT2D eigenvalue weighted by Gasteiger charge is -2.35. The van der Waals surface area contributed by atoms with E-state index in [4.69, 9.17) is 27.4 Å². The van der Waals surface area contributed by atoms with Gasteiger partial charge in [-0.15, -0.1) is 11.3 Å². The molecule has 5 rings (SSSR count). The quantitative estimate of drug-likeness (QED) is 0.205. The van der Waals surface area contributed by atoms with Gasteiger partial charge >= 0.3 is 0 Å². The third-order valence-electron chi connectivity index (χ3n) is 8.17. The number of aromatic nitrogens is 1. The smallest absolute Gasteiger partial charge is 0.274 e. The molecule has 2 aliphatic rings. The van der Waals surface area contributed by atoms with Crippen LogP contribution in [0.2, 0.25) is 5.02 Å². The first kappa shape index (κ1) is 33.5. The van der Waals surface area contributed by atoms with Crippen LogP contribution in [0.15, 0.2) is 64.5 Å². The number of halogens is 1. The average molecular weight is 675 g/mol. The first-order valence-electron chi connectivity index (χ1n) is 14.9. The van der Waals surface area contributed by atoms with Crippen molar-refractivity contribution in [3.63, 3.8) is 0 Å². The van der Waals surface area contributed by atoms with E-state index in [1.54, 1.807) is 53.1 Å². The Morgan fingerprint density at radius 3 is 2.38 bits per heavy atom. The Hall–Kier alpha value is -4.88. The second-order valence-corrected chi connectivity index (χ2v) is 13.0. The summed E-state index contributed by atoms with van der Waals surface area (Å²) in [6.45, 7) is 6.69. The zero-order chi connectivity index (χ0) is 34.0. The van der Waals surface area contributed by atoms with Crippen molar-refractivity contribution < 1.29 is 14.4 Å².